The van der Waals surface area contributed by atoms with E-state index in [2.05, 4.69) is 0 Å². The van der Waals surface area contributed by atoms with Crippen molar-refractivity contribution >= 4 is 11.9 Å². The molecule has 0 aliphatic rings. The van der Waals surface area contributed by atoms with Crippen molar-refractivity contribution < 1.29 is 19.9 Å². The number of nitrogens with zero attached hydrogens (tertiary/aromatic N) is 1. The second kappa shape index (κ2) is 6.76. The highest BCUT2D eigenvalue weighted by Crippen LogP contribution is 2.14. The second-order valence-electron chi connectivity index (χ2n) is 4.67. The molecule has 5 heteroatoms. The Morgan fingerprint density at radius 1 is 1.11 bits per heavy atom. The zero-order chi connectivity index (χ0) is 14.3. The Morgan fingerprint density at radius 2 is 1.50 bits per heavy atom. The van der Waals surface area contributed by atoms with E-state index in [0.717, 1.165) is 12.0 Å². The number of amides is 1. The number of hydrogen-bond donors (Lipinski definition) is 2. The fourth-order valence-electron chi connectivity index (χ4n) is 1.01. The molecule has 0 saturated heterocycles. The highest BCUT2D eigenvalue weighted by Gasteiger charge is 2.25. The van der Waals surface area contributed by atoms with Crippen LogP contribution in [0.3, 0.4) is 0 Å². The van der Waals surface area contributed by atoms with Crippen LogP contribution in [-0.2, 0) is 4.79 Å². The van der Waals surface area contributed by atoms with E-state index in [0.29, 0.717) is 5.56 Å². The van der Waals surface area contributed by atoms with Gasteiger partial charge in [-0.3, -0.25) is 14.8 Å². The summed E-state index contributed by atoms with van der Waals surface area (Å²) in [7, 11) is 0. The number of carboxylic acid groups (broad SMARTS) is 1. The zero-order valence-corrected chi connectivity index (χ0v) is 11.0. The molecule has 2 N–H and O–H groups in total. The van der Waals surface area contributed by atoms with Gasteiger partial charge in [-0.2, -0.15) is 0 Å². The van der Waals surface area contributed by atoms with Gasteiger partial charge in [-0.25, -0.2) is 5.06 Å². The quantitative estimate of drug-likeness (QED) is 0.595. The maximum atomic E-state index is 11.7. The molecule has 0 aliphatic carbocycles. The van der Waals surface area contributed by atoms with Crippen LogP contribution in [0.5, 0.6) is 0 Å². The summed E-state index contributed by atoms with van der Waals surface area (Å²) >= 11 is 0. The molecule has 1 aromatic rings. The van der Waals surface area contributed by atoms with E-state index in [9.17, 15) is 10.0 Å². The summed E-state index contributed by atoms with van der Waals surface area (Å²) in [6, 6.07) is 8.72. The lowest BCUT2D eigenvalue weighted by atomic mass is 10.1. The van der Waals surface area contributed by atoms with Gasteiger partial charge in [0.25, 0.3) is 11.9 Å². The van der Waals surface area contributed by atoms with E-state index in [1.54, 1.807) is 45.0 Å². The molecule has 0 fully saturated rings. The lowest BCUT2D eigenvalue weighted by Crippen LogP contribution is -2.43. The van der Waals surface area contributed by atoms with Gasteiger partial charge in [-0.1, -0.05) is 18.2 Å². The Bertz CT molecular complexity index is 391. The minimum atomic E-state index is -0.833. The van der Waals surface area contributed by atoms with Crippen LogP contribution in [0.15, 0.2) is 30.3 Å². The molecule has 0 aromatic heterocycles. The molecule has 0 bridgehead atoms. The maximum absolute atomic E-state index is 11.7. The van der Waals surface area contributed by atoms with Crippen molar-refractivity contribution in [1.82, 2.24) is 5.06 Å². The fraction of sp³-hybridized carbons (Fsp3) is 0.385. The zero-order valence-electron chi connectivity index (χ0n) is 11.0. The van der Waals surface area contributed by atoms with Crippen LogP contribution in [0.2, 0.25) is 0 Å². The first-order chi connectivity index (χ1) is 8.16. The number of hydrogen-bond acceptors (Lipinski definition) is 3. The molecule has 1 rings (SSSR count). The molecule has 1 amide bonds. The first-order valence-electron chi connectivity index (χ1n) is 5.44. The van der Waals surface area contributed by atoms with E-state index in [1.165, 1.54) is 0 Å². The summed E-state index contributed by atoms with van der Waals surface area (Å²) < 4.78 is 0. The summed E-state index contributed by atoms with van der Waals surface area (Å²) in [6.07, 6.45) is 0. The normalized spacial score (nSPS) is 10.1. The van der Waals surface area contributed by atoms with E-state index < -0.39 is 11.5 Å². The van der Waals surface area contributed by atoms with Gasteiger partial charge in [0.05, 0.1) is 5.54 Å². The van der Waals surface area contributed by atoms with Crippen LogP contribution in [0.4, 0.5) is 0 Å². The van der Waals surface area contributed by atoms with E-state index in [1.807, 2.05) is 6.07 Å². The number of rotatable bonds is 1. The Morgan fingerprint density at radius 3 is 1.83 bits per heavy atom. The first-order valence-corrected chi connectivity index (χ1v) is 5.44. The summed E-state index contributed by atoms with van der Waals surface area (Å²) in [5.74, 6) is -1.21. The summed E-state index contributed by atoms with van der Waals surface area (Å²) in [5, 5.41) is 17.8. The van der Waals surface area contributed by atoms with Gasteiger partial charge < -0.3 is 5.11 Å². The van der Waals surface area contributed by atoms with E-state index in [4.69, 9.17) is 9.90 Å². The van der Waals surface area contributed by atoms with Gasteiger partial charge in [-0.15, -0.1) is 0 Å². The average molecular weight is 253 g/mol. The third-order valence-corrected chi connectivity index (χ3v) is 1.85. The molecule has 100 valence electrons. The van der Waals surface area contributed by atoms with Crippen LogP contribution in [0.25, 0.3) is 0 Å². The Balaban J connectivity index is 0.000000631. The van der Waals surface area contributed by atoms with Gasteiger partial charge in [0.15, 0.2) is 0 Å². The number of carbonyl (C=O) groups excluding carboxylic acids is 1. The number of carboxylic acids is 1. The van der Waals surface area contributed by atoms with Crippen LogP contribution in [0.1, 0.15) is 38.1 Å². The van der Waals surface area contributed by atoms with Crippen molar-refractivity contribution in [3.8, 4) is 0 Å². The van der Waals surface area contributed by atoms with Gasteiger partial charge in [0.2, 0.25) is 0 Å². The minimum Gasteiger partial charge on any atom is -0.481 e. The van der Waals surface area contributed by atoms with Gasteiger partial charge in [0.1, 0.15) is 0 Å². The highest BCUT2D eigenvalue weighted by atomic mass is 16.5. The number of hydroxylamine groups is 2. The van der Waals surface area contributed by atoms with E-state index >= 15 is 0 Å². The topological polar surface area (TPSA) is 77.8 Å². The van der Waals surface area contributed by atoms with Crippen LogP contribution in [-0.4, -0.2) is 32.8 Å². The summed E-state index contributed by atoms with van der Waals surface area (Å²) in [4.78, 5) is 20.7. The standard InChI is InChI=1S/C11H15NO2.C2H4O2/c1-11(2,3)12(14)10(13)9-7-5-4-6-8-9;1-2(3)4/h4-8,14H,1-3H3;1H3,(H,3,4). The number of carbonyl (C=O) groups is 2. The monoisotopic (exact) mass is 253 g/mol. The van der Waals surface area contributed by atoms with Crippen molar-refractivity contribution in [2.24, 2.45) is 0 Å². The minimum absolute atomic E-state index is 0.377. The lowest BCUT2D eigenvalue weighted by molar-refractivity contribution is -0.134. The predicted molar refractivity (Wildman–Crippen MR) is 67.5 cm³/mol. The molecule has 0 spiro atoms. The molecule has 0 aliphatic heterocycles. The molecule has 0 heterocycles. The smallest absolute Gasteiger partial charge is 0.300 e. The Labute approximate surface area is 107 Å². The maximum Gasteiger partial charge on any atom is 0.300 e. The van der Waals surface area contributed by atoms with Crippen molar-refractivity contribution in [2.75, 3.05) is 0 Å². The second-order valence-corrected chi connectivity index (χ2v) is 4.67. The third kappa shape index (κ3) is 6.00. The number of benzene rings is 1. The molecule has 0 atom stereocenters. The van der Waals surface area contributed by atoms with Crippen molar-refractivity contribution in [3.63, 3.8) is 0 Å². The Hall–Kier alpha value is -1.88. The lowest BCUT2D eigenvalue weighted by Gasteiger charge is -2.29. The van der Waals surface area contributed by atoms with Gasteiger partial charge >= 0.3 is 0 Å². The molecule has 1 aromatic carbocycles. The van der Waals surface area contributed by atoms with Crippen molar-refractivity contribution in [2.45, 2.75) is 33.2 Å². The SMILES string of the molecule is CC(=O)O.CC(C)(C)N(O)C(=O)c1ccccc1. The predicted octanol–water partition coefficient (Wildman–Crippen LogP) is 2.41. The van der Waals surface area contributed by atoms with Crippen LogP contribution in [0, 0.1) is 0 Å². The third-order valence-electron chi connectivity index (χ3n) is 1.85. The largest absolute Gasteiger partial charge is 0.481 e. The molecular formula is C13H19NO4. The highest BCUT2D eigenvalue weighted by molar-refractivity contribution is 5.93. The molecule has 0 radical (unpaired) electrons. The molecule has 18 heavy (non-hydrogen) atoms. The Kier molecular flexibility index (Phi) is 6.05. The van der Waals surface area contributed by atoms with Crippen LogP contribution >= 0.6 is 0 Å². The molecule has 0 unspecified atom stereocenters. The van der Waals surface area contributed by atoms with Crippen molar-refractivity contribution in [1.29, 1.82) is 0 Å². The first kappa shape index (κ1) is 16.1. The summed E-state index contributed by atoms with van der Waals surface area (Å²) in [5.41, 5.74) is -0.0858. The van der Waals surface area contributed by atoms with E-state index in [-0.39, 0.29) is 5.91 Å². The van der Waals surface area contributed by atoms with Gasteiger partial charge in [0, 0.05) is 12.5 Å². The molecular weight excluding hydrogens is 234 g/mol. The summed E-state index contributed by atoms with van der Waals surface area (Å²) in [6.45, 7) is 6.40. The van der Waals surface area contributed by atoms with Gasteiger partial charge in [-0.05, 0) is 32.9 Å². The fourth-order valence-corrected chi connectivity index (χ4v) is 1.01. The van der Waals surface area contributed by atoms with Crippen LogP contribution < -0.4 is 0 Å². The number of aliphatic carboxylic acids is 1. The average Bonchev–Trinajstić information content (AvgIpc) is 2.26. The molecule has 5 nitrogen and oxygen atoms in total. The molecule has 0 saturated carbocycles. The van der Waals surface area contributed by atoms with Crippen molar-refractivity contribution in [3.05, 3.63) is 35.9 Å².